The first-order valence-electron chi connectivity index (χ1n) is 7.38. The summed E-state index contributed by atoms with van der Waals surface area (Å²) >= 11 is 0. The third kappa shape index (κ3) is 3.17. The molecule has 0 atom stereocenters. The van der Waals surface area contributed by atoms with Gasteiger partial charge in [-0.25, -0.2) is 4.39 Å². The number of carboxylic acids is 1. The highest BCUT2D eigenvalue weighted by atomic mass is 19.1. The smallest absolute Gasteiger partial charge is 0.305 e. The molecule has 22 heavy (non-hydrogen) atoms. The van der Waals surface area contributed by atoms with Crippen molar-refractivity contribution in [2.24, 2.45) is 0 Å². The number of hydrogen-bond acceptors (Lipinski definition) is 3. The predicted octanol–water partition coefficient (Wildman–Crippen LogP) is 1.73. The van der Waals surface area contributed by atoms with E-state index in [1.165, 1.54) is 12.1 Å². The van der Waals surface area contributed by atoms with Crippen LogP contribution in [0.3, 0.4) is 0 Å². The standard InChI is InChI=1S/C16H18FN3O2/c17-12-3-1-11(2-4-12)9-14-13-10-18-7-5-15(13)20(19-14)8-6-16(21)22/h1-4,18H,5-10H2,(H,21,22). The number of hydrogen-bond donors (Lipinski definition) is 2. The molecule has 0 amide bonds. The van der Waals surface area contributed by atoms with Gasteiger partial charge in [-0.15, -0.1) is 0 Å². The molecule has 0 aliphatic carbocycles. The Morgan fingerprint density at radius 2 is 2.14 bits per heavy atom. The van der Waals surface area contributed by atoms with Gasteiger partial charge in [0.15, 0.2) is 0 Å². The quantitative estimate of drug-likeness (QED) is 0.883. The maximum absolute atomic E-state index is 13.0. The molecule has 2 heterocycles. The third-order valence-corrected chi connectivity index (χ3v) is 3.91. The Morgan fingerprint density at radius 3 is 2.86 bits per heavy atom. The number of fused-ring (bicyclic) bond motifs is 1. The van der Waals surface area contributed by atoms with Crippen LogP contribution in [-0.4, -0.2) is 27.4 Å². The van der Waals surface area contributed by atoms with Crippen LogP contribution in [0, 0.1) is 5.82 Å². The van der Waals surface area contributed by atoms with Crippen molar-refractivity contribution in [3.05, 3.63) is 52.6 Å². The third-order valence-electron chi connectivity index (χ3n) is 3.91. The molecule has 0 saturated heterocycles. The number of nitrogens with one attached hydrogen (secondary N) is 1. The van der Waals surface area contributed by atoms with E-state index in [-0.39, 0.29) is 12.2 Å². The van der Waals surface area contributed by atoms with E-state index in [2.05, 4.69) is 10.4 Å². The number of nitrogens with zero attached hydrogens (tertiary/aromatic N) is 2. The van der Waals surface area contributed by atoms with Crippen LogP contribution in [0.5, 0.6) is 0 Å². The lowest BCUT2D eigenvalue weighted by Gasteiger charge is -2.15. The summed E-state index contributed by atoms with van der Waals surface area (Å²) < 4.78 is 14.8. The molecule has 5 nitrogen and oxygen atoms in total. The summed E-state index contributed by atoms with van der Waals surface area (Å²) in [7, 11) is 0. The van der Waals surface area contributed by atoms with E-state index >= 15 is 0 Å². The first-order valence-corrected chi connectivity index (χ1v) is 7.38. The molecule has 2 N–H and O–H groups in total. The summed E-state index contributed by atoms with van der Waals surface area (Å²) in [6.07, 6.45) is 1.55. The average Bonchev–Trinajstić information content (AvgIpc) is 2.86. The van der Waals surface area contributed by atoms with E-state index in [0.29, 0.717) is 13.0 Å². The van der Waals surface area contributed by atoms with E-state index in [4.69, 9.17) is 5.11 Å². The molecular weight excluding hydrogens is 285 g/mol. The molecule has 0 bridgehead atoms. The van der Waals surface area contributed by atoms with Crippen molar-refractivity contribution in [3.8, 4) is 0 Å². The molecule has 6 heteroatoms. The van der Waals surface area contributed by atoms with Crippen LogP contribution in [0.15, 0.2) is 24.3 Å². The maximum atomic E-state index is 13.0. The summed E-state index contributed by atoms with van der Waals surface area (Å²) in [5, 5.41) is 16.8. The summed E-state index contributed by atoms with van der Waals surface area (Å²) in [4.78, 5) is 10.8. The maximum Gasteiger partial charge on any atom is 0.305 e. The van der Waals surface area contributed by atoms with Crippen molar-refractivity contribution in [2.75, 3.05) is 6.54 Å². The van der Waals surface area contributed by atoms with Gasteiger partial charge in [-0.2, -0.15) is 5.10 Å². The average molecular weight is 303 g/mol. The second-order valence-electron chi connectivity index (χ2n) is 5.47. The zero-order chi connectivity index (χ0) is 15.5. The molecule has 1 aliphatic rings. The van der Waals surface area contributed by atoms with Crippen LogP contribution in [-0.2, 0) is 30.7 Å². The monoisotopic (exact) mass is 303 g/mol. The van der Waals surface area contributed by atoms with Gasteiger partial charge in [0, 0.05) is 37.2 Å². The van der Waals surface area contributed by atoms with Crippen LogP contribution in [0.1, 0.15) is 28.9 Å². The van der Waals surface area contributed by atoms with E-state index in [0.717, 1.165) is 42.0 Å². The molecular formula is C16H18FN3O2. The largest absolute Gasteiger partial charge is 0.481 e. The Labute approximate surface area is 127 Å². The fourth-order valence-electron chi connectivity index (χ4n) is 2.82. The van der Waals surface area contributed by atoms with E-state index in [1.807, 2.05) is 4.68 Å². The molecule has 0 fully saturated rings. The zero-order valence-electron chi connectivity index (χ0n) is 12.2. The molecule has 0 radical (unpaired) electrons. The summed E-state index contributed by atoms with van der Waals surface area (Å²) in [5.74, 6) is -1.07. The highest BCUT2D eigenvalue weighted by molar-refractivity contribution is 5.66. The molecule has 1 aromatic heterocycles. The van der Waals surface area contributed by atoms with Gasteiger partial charge < -0.3 is 10.4 Å². The highest BCUT2D eigenvalue weighted by Crippen LogP contribution is 2.21. The minimum atomic E-state index is -0.821. The first kappa shape index (κ1) is 14.7. The highest BCUT2D eigenvalue weighted by Gasteiger charge is 2.20. The van der Waals surface area contributed by atoms with Crippen LogP contribution in [0.4, 0.5) is 4.39 Å². The van der Waals surface area contributed by atoms with Crippen molar-refractivity contribution in [3.63, 3.8) is 0 Å². The van der Waals surface area contributed by atoms with Gasteiger partial charge in [0.2, 0.25) is 0 Å². The Balaban J connectivity index is 1.86. The molecule has 3 rings (SSSR count). The zero-order valence-corrected chi connectivity index (χ0v) is 12.2. The van der Waals surface area contributed by atoms with Crippen molar-refractivity contribution in [2.45, 2.75) is 32.4 Å². The summed E-state index contributed by atoms with van der Waals surface area (Å²) in [6, 6.07) is 6.41. The number of carbonyl (C=O) groups is 1. The lowest BCUT2D eigenvalue weighted by atomic mass is 10.0. The van der Waals surface area contributed by atoms with Gasteiger partial charge >= 0.3 is 5.97 Å². The fraction of sp³-hybridized carbons (Fsp3) is 0.375. The lowest BCUT2D eigenvalue weighted by molar-refractivity contribution is -0.137. The molecule has 1 aromatic carbocycles. The van der Waals surface area contributed by atoms with Crippen LogP contribution >= 0.6 is 0 Å². The Morgan fingerprint density at radius 1 is 1.36 bits per heavy atom. The summed E-state index contributed by atoms with van der Waals surface area (Å²) in [5.41, 5.74) is 4.22. The number of aromatic nitrogens is 2. The molecule has 0 spiro atoms. The Hall–Kier alpha value is -2.21. The van der Waals surface area contributed by atoms with Gasteiger partial charge in [0.1, 0.15) is 5.82 Å². The molecule has 116 valence electrons. The summed E-state index contributed by atoms with van der Waals surface area (Å²) in [6.45, 7) is 2.02. The SMILES string of the molecule is O=C(O)CCn1nc(Cc2ccc(F)cc2)c2c1CCNC2. The number of carboxylic acid groups (broad SMARTS) is 1. The van der Waals surface area contributed by atoms with Crippen molar-refractivity contribution >= 4 is 5.97 Å². The number of rotatable bonds is 5. The normalized spacial score (nSPS) is 13.9. The molecule has 0 unspecified atom stereocenters. The number of halogens is 1. The Kier molecular flexibility index (Phi) is 4.20. The molecule has 1 aliphatic heterocycles. The Bertz CT molecular complexity index is 679. The fourth-order valence-corrected chi connectivity index (χ4v) is 2.82. The molecule has 0 saturated carbocycles. The van der Waals surface area contributed by atoms with Gasteiger partial charge in [-0.1, -0.05) is 12.1 Å². The first-order chi connectivity index (χ1) is 10.6. The lowest BCUT2D eigenvalue weighted by Crippen LogP contribution is -2.25. The predicted molar refractivity (Wildman–Crippen MR) is 79.1 cm³/mol. The minimum absolute atomic E-state index is 0.0670. The van der Waals surface area contributed by atoms with Crippen molar-refractivity contribution < 1.29 is 14.3 Å². The van der Waals surface area contributed by atoms with Crippen molar-refractivity contribution in [1.82, 2.24) is 15.1 Å². The second kappa shape index (κ2) is 6.27. The van der Waals surface area contributed by atoms with Gasteiger partial charge in [0.05, 0.1) is 18.7 Å². The minimum Gasteiger partial charge on any atom is -0.481 e. The number of aliphatic carboxylic acids is 1. The topological polar surface area (TPSA) is 67.1 Å². The van der Waals surface area contributed by atoms with Crippen LogP contribution < -0.4 is 5.32 Å². The van der Waals surface area contributed by atoms with E-state index < -0.39 is 5.97 Å². The van der Waals surface area contributed by atoms with Gasteiger partial charge in [-0.05, 0) is 17.7 Å². The van der Waals surface area contributed by atoms with Crippen LogP contribution in [0.2, 0.25) is 0 Å². The van der Waals surface area contributed by atoms with Gasteiger partial charge in [-0.3, -0.25) is 9.48 Å². The molecule has 2 aromatic rings. The van der Waals surface area contributed by atoms with Gasteiger partial charge in [0.25, 0.3) is 0 Å². The second-order valence-corrected chi connectivity index (χ2v) is 5.47. The number of benzene rings is 1. The number of aryl methyl sites for hydroxylation is 1. The van der Waals surface area contributed by atoms with E-state index in [1.54, 1.807) is 12.1 Å². The van der Waals surface area contributed by atoms with Crippen LogP contribution in [0.25, 0.3) is 0 Å². The van der Waals surface area contributed by atoms with Crippen molar-refractivity contribution in [1.29, 1.82) is 0 Å². The van der Waals surface area contributed by atoms with E-state index in [9.17, 15) is 9.18 Å².